The minimum atomic E-state index is 0.770. The zero-order valence-electron chi connectivity index (χ0n) is 11.8. The number of rotatable bonds is 4. The molecule has 2 aromatic rings. The summed E-state index contributed by atoms with van der Waals surface area (Å²) in [6, 6.07) is 4.03. The van der Waals surface area contributed by atoms with Gasteiger partial charge in [0.2, 0.25) is 0 Å². The molecule has 0 aromatic carbocycles. The second-order valence-corrected chi connectivity index (χ2v) is 4.53. The number of aromatic nitrogens is 3. The predicted molar refractivity (Wildman–Crippen MR) is 77.4 cm³/mol. The van der Waals surface area contributed by atoms with Gasteiger partial charge in [0.25, 0.3) is 0 Å². The number of hydrogen-bond acceptors (Lipinski definition) is 5. The number of anilines is 2. The monoisotopic (exact) mass is 257 g/mol. The Morgan fingerprint density at radius 2 is 1.84 bits per heavy atom. The highest BCUT2D eigenvalue weighted by Gasteiger charge is 2.12. The fourth-order valence-corrected chi connectivity index (χ4v) is 2.07. The maximum Gasteiger partial charge on any atom is 0.137 e. The summed E-state index contributed by atoms with van der Waals surface area (Å²) in [6.45, 7) is 4.73. The van der Waals surface area contributed by atoms with Crippen molar-refractivity contribution >= 4 is 11.6 Å². The summed E-state index contributed by atoms with van der Waals surface area (Å²) >= 11 is 0. The lowest BCUT2D eigenvalue weighted by Crippen LogP contribution is -2.20. The highest BCUT2D eigenvalue weighted by atomic mass is 15.2. The third-order valence-corrected chi connectivity index (χ3v) is 3.00. The minimum Gasteiger partial charge on any atom is -0.373 e. The first-order valence-electron chi connectivity index (χ1n) is 6.25. The van der Waals surface area contributed by atoms with E-state index in [9.17, 15) is 0 Å². The maximum atomic E-state index is 4.54. The zero-order valence-corrected chi connectivity index (χ0v) is 11.8. The Kier molecular flexibility index (Phi) is 3.94. The molecule has 0 unspecified atom stereocenters. The van der Waals surface area contributed by atoms with Gasteiger partial charge in [-0.25, -0.2) is 9.97 Å². The van der Waals surface area contributed by atoms with E-state index in [1.807, 2.05) is 40.1 Å². The average molecular weight is 257 g/mol. The van der Waals surface area contributed by atoms with Crippen LogP contribution in [0.25, 0.3) is 0 Å². The van der Waals surface area contributed by atoms with Gasteiger partial charge in [-0.15, -0.1) is 0 Å². The van der Waals surface area contributed by atoms with E-state index < -0.39 is 0 Å². The Balaban J connectivity index is 2.28. The van der Waals surface area contributed by atoms with E-state index in [1.54, 1.807) is 12.4 Å². The Bertz CT molecular complexity index is 553. The maximum absolute atomic E-state index is 4.54. The number of hydrogen-bond donors (Lipinski definition) is 1. The summed E-state index contributed by atoms with van der Waals surface area (Å²) in [5.41, 5.74) is 2.27. The molecule has 0 aliphatic rings. The lowest BCUT2D eigenvalue weighted by atomic mass is 10.2. The van der Waals surface area contributed by atoms with Crippen LogP contribution in [0, 0.1) is 13.8 Å². The van der Waals surface area contributed by atoms with Gasteiger partial charge in [0.1, 0.15) is 17.5 Å². The fraction of sp³-hybridized carbons (Fsp3) is 0.357. The molecule has 0 saturated heterocycles. The van der Waals surface area contributed by atoms with E-state index in [0.717, 1.165) is 29.6 Å². The van der Waals surface area contributed by atoms with Crippen molar-refractivity contribution in [3.63, 3.8) is 0 Å². The van der Waals surface area contributed by atoms with Crippen molar-refractivity contribution in [3.05, 3.63) is 41.5 Å². The Morgan fingerprint density at radius 1 is 1.16 bits per heavy atom. The van der Waals surface area contributed by atoms with Crippen molar-refractivity contribution in [1.29, 1.82) is 0 Å². The lowest BCUT2D eigenvalue weighted by molar-refractivity contribution is 0.869. The van der Waals surface area contributed by atoms with Gasteiger partial charge < -0.3 is 10.2 Å². The lowest BCUT2D eigenvalue weighted by Gasteiger charge is -2.21. The van der Waals surface area contributed by atoms with Gasteiger partial charge in [0, 0.05) is 38.6 Å². The van der Waals surface area contributed by atoms with Crippen molar-refractivity contribution in [2.24, 2.45) is 0 Å². The Morgan fingerprint density at radius 3 is 2.47 bits per heavy atom. The van der Waals surface area contributed by atoms with E-state index in [1.165, 1.54) is 5.56 Å². The second-order valence-electron chi connectivity index (χ2n) is 4.53. The molecule has 2 aromatic heterocycles. The van der Waals surface area contributed by atoms with Crippen LogP contribution < -0.4 is 10.2 Å². The molecule has 0 aliphatic carbocycles. The molecule has 100 valence electrons. The molecule has 0 amide bonds. The molecule has 0 fully saturated rings. The zero-order chi connectivity index (χ0) is 13.8. The largest absolute Gasteiger partial charge is 0.373 e. The summed E-state index contributed by atoms with van der Waals surface area (Å²) in [5, 5.41) is 3.11. The molecule has 19 heavy (non-hydrogen) atoms. The van der Waals surface area contributed by atoms with Crippen molar-refractivity contribution < 1.29 is 0 Å². The number of nitrogens with one attached hydrogen (secondary N) is 1. The molecule has 0 spiro atoms. The predicted octanol–water partition coefficient (Wildman–Crippen LogP) is 2.17. The summed E-state index contributed by atoms with van der Waals surface area (Å²) in [4.78, 5) is 15.1. The van der Waals surface area contributed by atoms with Crippen LogP contribution in [0.2, 0.25) is 0 Å². The Labute approximate surface area is 113 Å². The third-order valence-electron chi connectivity index (χ3n) is 3.00. The SMILES string of the molecule is CNc1nc(C)nc(N(C)Cc2ccncc2)c1C. The number of nitrogens with zero attached hydrogens (tertiary/aromatic N) is 4. The van der Waals surface area contributed by atoms with Crippen molar-refractivity contribution in [2.45, 2.75) is 20.4 Å². The molecule has 0 radical (unpaired) electrons. The van der Waals surface area contributed by atoms with Crippen LogP contribution in [0.4, 0.5) is 11.6 Å². The Hall–Kier alpha value is -2.17. The second kappa shape index (κ2) is 5.65. The van der Waals surface area contributed by atoms with Gasteiger partial charge in [-0.05, 0) is 31.5 Å². The first kappa shape index (κ1) is 13.3. The van der Waals surface area contributed by atoms with E-state index in [4.69, 9.17) is 0 Å². The normalized spacial score (nSPS) is 10.3. The highest BCUT2D eigenvalue weighted by molar-refractivity contribution is 5.58. The molecule has 2 rings (SSSR count). The molecular formula is C14H19N5. The molecule has 5 nitrogen and oxygen atoms in total. The van der Waals surface area contributed by atoms with Crippen LogP contribution in [0.15, 0.2) is 24.5 Å². The van der Waals surface area contributed by atoms with Gasteiger partial charge in [0.15, 0.2) is 0 Å². The summed E-state index contributed by atoms with van der Waals surface area (Å²) < 4.78 is 0. The first-order chi connectivity index (χ1) is 9.11. The molecule has 1 N–H and O–H groups in total. The van der Waals surface area contributed by atoms with Crippen LogP contribution in [-0.2, 0) is 6.54 Å². The summed E-state index contributed by atoms with van der Waals surface area (Å²) in [5.74, 6) is 2.60. The minimum absolute atomic E-state index is 0.770. The van der Waals surface area contributed by atoms with Crippen molar-refractivity contribution in [1.82, 2.24) is 15.0 Å². The topological polar surface area (TPSA) is 53.9 Å². The highest BCUT2D eigenvalue weighted by Crippen LogP contribution is 2.23. The van der Waals surface area contributed by atoms with E-state index in [-0.39, 0.29) is 0 Å². The molecule has 0 aliphatic heterocycles. The molecule has 2 heterocycles. The number of aryl methyl sites for hydroxylation is 1. The fourth-order valence-electron chi connectivity index (χ4n) is 2.07. The van der Waals surface area contributed by atoms with E-state index in [0.29, 0.717) is 0 Å². The van der Waals surface area contributed by atoms with Crippen molar-refractivity contribution in [2.75, 3.05) is 24.3 Å². The van der Waals surface area contributed by atoms with Crippen LogP contribution >= 0.6 is 0 Å². The molecular weight excluding hydrogens is 238 g/mol. The number of pyridine rings is 1. The average Bonchev–Trinajstić information content (AvgIpc) is 2.42. The van der Waals surface area contributed by atoms with Crippen LogP contribution in [0.1, 0.15) is 17.0 Å². The molecule has 0 saturated carbocycles. The van der Waals surface area contributed by atoms with E-state index in [2.05, 4.69) is 25.2 Å². The van der Waals surface area contributed by atoms with Crippen LogP contribution in [0.3, 0.4) is 0 Å². The standard InChI is InChI=1S/C14H19N5/c1-10-13(15-3)17-11(2)18-14(10)19(4)9-12-5-7-16-8-6-12/h5-8H,9H2,1-4H3,(H,15,17,18). The van der Waals surface area contributed by atoms with Gasteiger partial charge in [-0.2, -0.15) is 0 Å². The van der Waals surface area contributed by atoms with Crippen LogP contribution in [-0.4, -0.2) is 29.0 Å². The van der Waals surface area contributed by atoms with Crippen LogP contribution in [0.5, 0.6) is 0 Å². The van der Waals surface area contributed by atoms with Gasteiger partial charge in [-0.3, -0.25) is 4.98 Å². The molecule has 0 atom stereocenters. The van der Waals surface area contributed by atoms with Gasteiger partial charge in [-0.1, -0.05) is 0 Å². The van der Waals surface area contributed by atoms with Gasteiger partial charge in [0.05, 0.1) is 0 Å². The smallest absolute Gasteiger partial charge is 0.137 e. The molecule has 5 heteroatoms. The quantitative estimate of drug-likeness (QED) is 0.909. The van der Waals surface area contributed by atoms with Crippen molar-refractivity contribution in [3.8, 4) is 0 Å². The van der Waals surface area contributed by atoms with Gasteiger partial charge >= 0.3 is 0 Å². The molecule has 0 bridgehead atoms. The third kappa shape index (κ3) is 2.99. The first-order valence-corrected chi connectivity index (χ1v) is 6.25. The summed E-state index contributed by atoms with van der Waals surface area (Å²) in [7, 11) is 3.91. The van der Waals surface area contributed by atoms with E-state index >= 15 is 0 Å². The summed E-state index contributed by atoms with van der Waals surface area (Å²) in [6.07, 6.45) is 3.61.